The van der Waals surface area contributed by atoms with Gasteiger partial charge in [-0.3, -0.25) is 9.79 Å². The molecular weight excluding hydrogens is 477 g/mol. The molecule has 2 aromatic heterocycles. The molecule has 0 aliphatic carbocycles. The first-order valence-electron chi connectivity index (χ1n) is 8.85. The van der Waals surface area contributed by atoms with Crippen LogP contribution in [0.5, 0.6) is 0 Å². The maximum absolute atomic E-state index is 11.9. The first-order valence-corrected chi connectivity index (χ1v) is 8.85. The summed E-state index contributed by atoms with van der Waals surface area (Å²) in [5, 5.41) is 13.6. The summed E-state index contributed by atoms with van der Waals surface area (Å²) in [6.07, 6.45) is 3.32. The molecule has 10 nitrogen and oxygen atoms in total. The van der Waals surface area contributed by atoms with Crippen LogP contribution in [-0.2, 0) is 35.6 Å². The molecule has 0 saturated carbocycles. The smallest absolute Gasteiger partial charge is 0.239 e. The van der Waals surface area contributed by atoms with Crippen LogP contribution < -0.4 is 16.0 Å². The molecule has 0 fully saturated rings. The largest absolute Gasteiger partial charge is 0.467 e. The molecule has 2 aromatic rings. The van der Waals surface area contributed by atoms with Crippen LogP contribution in [0.2, 0.25) is 0 Å². The van der Waals surface area contributed by atoms with Crippen molar-refractivity contribution in [2.45, 2.75) is 38.6 Å². The van der Waals surface area contributed by atoms with Crippen LogP contribution in [0.4, 0.5) is 0 Å². The summed E-state index contributed by atoms with van der Waals surface area (Å²) in [4.78, 5) is 20.6. The Morgan fingerprint density at radius 3 is 3.04 bits per heavy atom. The van der Waals surface area contributed by atoms with Crippen LogP contribution in [0.1, 0.15) is 23.8 Å². The van der Waals surface area contributed by atoms with Crippen molar-refractivity contribution in [2.24, 2.45) is 4.99 Å². The maximum Gasteiger partial charge on any atom is 0.239 e. The molecule has 154 valence electrons. The molecule has 11 heteroatoms. The van der Waals surface area contributed by atoms with Gasteiger partial charge in [-0.1, -0.05) is 0 Å². The van der Waals surface area contributed by atoms with Gasteiger partial charge in [0.15, 0.2) is 11.8 Å². The SMILES string of the molecule is CN=C(NCC(=O)NCc1ccco1)NC1CCc2nc(COC)nn2C1.I. The lowest BCUT2D eigenvalue weighted by Gasteiger charge is -2.25. The van der Waals surface area contributed by atoms with Crippen LogP contribution in [0, 0.1) is 0 Å². The summed E-state index contributed by atoms with van der Waals surface area (Å²) in [7, 11) is 3.31. The number of hydrogen-bond donors (Lipinski definition) is 3. The summed E-state index contributed by atoms with van der Waals surface area (Å²) >= 11 is 0. The number of nitrogens with one attached hydrogen (secondary N) is 3. The quantitative estimate of drug-likeness (QED) is 0.285. The van der Waals surface area contributed by atoms with Gasteiger partial charge in [0.2, 0.25) is 5.91 Å². The molecular formula is C17H26IN7O3. The predicted molar refractivity (Wildman–Crippen MR) is 113 cm³/mol. The number of carbonyl (C=O) groups excluding carboxylic acids is 1. The molecule has 1 atom stereocenters. The topological polar surface area (TPSA) is 119 Å². The van der Waals surface area contributed by atoms with Gasteiger partial charge in [0.05, 0.1) is 25.9 Å². The fraction of sp³-hybridized carbons (Fsp3) is 0.529. The standard InChI is InChI=1S/C17H25N7O3.HI/c1-18-17(20-9-16(25)19-8-13-4-3-7-27-13)21-12-5-6-15-22-14(11-26-2)23-24(15)10-12;/h3-4,7,12H,5-6,8-11H2,1-2H3,(H,19,25)(H2,18,20,21);1H. The van der Waals surface area contributed by atoms with Crippen molar-refractivity contribution in [3.05, 3.63) is 35.8 Å². The molecule has 0 bridgehead atoms. The number of nitrogens with zero attached hydrogens (tertiary/aromatic N) is 4. The van der Waals surface area contributed by atoms with E-state index >= 15 is 0 Å². The van der Waals surface area contributed by atoms with Crippen molar-refractivity contribution in [1.82, 2.24) is 30.7 Å². The Kier molecular flexibility index (Phi) is 8.70. The third-order valence-electron chi connectivity index (χ3n) is 4.20. The van der Waals surface area contributed by atoms with Crippen molar-refractivity contribution < 1.29 is 13.9 Å². The van der Waals surface area contributed by atoms with Crippen LogP contribution in [-0.4, -0.2) is 53.4 Å². The number of aromatic nitrogens is 3. The minimum Gasteiger partial charge on any atom is -0.467 e. The van der Waals surface area contributed by atoms with E-state index in [1.54, 1.807) is 26.5 Å². The highest BCUT2D eigenvalue weighted by molar-refractivity contribution is 14.0. The van der Waals surface area contributed by atoms with Crippen molar-refractivity contribution >= 4 is 35.8 Å². The summed E-state index contributed by atoms with van der Waals surface area (Å²) in [5.74, 6) is 2.82. The van der Waals surface area contributed by atoms with Crippen LogP contribution in [0.15, 0.2) is 27.8 Å². The lowest BCUT2D eigenvalue weighted by Crippen LogP contribution is -2.49. The molecule has 0 spiro atoms. The maximum atomic E-state index is 11.9. The Hall–Kier alpha value is -2.15. The van der Waals surface area contributed by atoms with Crippen molar-refractivity contribution in [3.63, 3.8) is 0 Å². The van der Waals surface area contributed by atoms with E-state index < -0.39 is 0 Å². The fourth-order valence-electron chi connectivity index (χ4n) is 2.88. The first kappa shape index (κ1) is 22.1. The number of rotatable bonds is 7. The lowest BCUT2D eigenvalue weighted by atomic mass is 10.1. The van der Waals surface area contributed by atoms with E-state index in [4.69, 9.17) is 9.15 Å². The van der Waals surface area contributed by atoms with E-state index in [0.29, 0.717) is 37.2 Å². The van der Waals surface area contributed by atoms with Gasteiger partial charge in [0, 0.05) is 26.6 Å². The number of furan rings is 1. The number of fused-ring (bicyclic) bond motifs is 1. The van der Waals surface area contributed by atoms with Gasteiger partial charge in [-0.05, 0) is 18.6 Å². The van der Waals surface area contributed by atoms with Crippen LogP contribution in [0.25, 0.3) is 0 Å². The second-order valence-corrected chi connectivity index (χ2v) is 6.22. The summed E-state index contributed by atoms with van der Waals surface area (Å²) < 4.78 is 12.2. The number of ether oxygens (including phenoxy) is 1. The summed E-state index contributed by atoms with van der Waals surface area (Å²) in [6, 6.07) is 3.76. The van der Waals surface area contributed by atoms with E-state index in [-0.39, 0.29) is 42.5 Å². The highest BCUT2D eigenvalue weighted by Crippen LogP contribution is 2.13. The van der Waals surface area contributed by atoms with Gasteiger partial charge < -0.3 is 25.1 Å². The zero-order chi connectivity index (χ0) is 19.1. The van der Waals surface area contributed by atoms with Gasteiger partial charge >= 0.3 is 0 Å². The number of halogens is 1. The van der Waals surface area contributed by atoms with Crippen LogP contribution >= 0.6 is 24.0 Å². The normalized spacial score (nSPS) is 16.1. The molecule has 3 N–H and O–H groups in total. The van der Waals surface area contributed by atoms with Gasteiger partial charge in [-0.25, -0.2) is 9.67 Å². The van der Waals surface area contributed by atoms with Gasteiger partial charge in [-0.2, -0.15) is 5.10 Å². The molecule has 1 amide bonds. The Morgan fingerprint density at radius 1 is 1.46 bits per heavy atom. The molecule has 0 aromatic carbocycles. The summed E-state index contributed by atoms with van der Waals surface area (Å²) in [6.45, 7) is 1.59. The number of guanidine groups is 1. The monoisotopic (exact) mass is 503 g/mol. The number of amides is 1. The number of aliphatic imine (C=N–C) groups is 1. The highest BCUT2D eigenvalue weighted by atomic mass is 127. The Labute approximate surface area is 180 Å². The Balaban J connectivity index is 0.00000280. The van der Waals surface area contributed by atoms with E-state index in [0.717, 1.165) is 18.7 Å². The molecule has 0 saturated heterocycles. The lowest BCUT2D eigenvalue weighted by molar-refractivity contribution is -0.120. The Bertz CT molecular complexity index is 776. The molecule has 1 aliphatic rings. The van der Waals surface area contributed by atoms with Gasteiger partial charge in [-0.15, -0.1) is 24.0 Å². The summed E-state index contributed by atoms with van der Waals surface area (Å²) in [5.41, 5.74) is 0. The first-order chi connectivity index (χ1) is 13.2. The van der Waals surface area contributed by atoms with E-state index in [1.165, 1.54) is 0 Å². The average molecular weight is 503 g/mol. The van der Waals surface area contributed by atoms with Crippen molar-refractivity contribution in [2.75, 3.05) is 20.7 Å². The number of aryl methyl sites for hydroxylation is 1. The van der Waals surface area contributed by atoms with E-state index in [1.807, 2.05) is 10.7 Å². The number of hydrogen-bond acceptors (Lipinski definition) is 6. The van der Waals surface area contributed by atoms with Gasteiger partial charge in [0.25, 0.3) is 0 Å². The third kappa shape index (κ3) is 6.19. The minimum atomic E-state index is -0.138. The second-order valence-electron chi connectivity index (χ2n) is 6.22. The zero-order valence-corrected chi connectivity index (χ0v) is 18.3. The molecule has 3 rings (SSSR count). The number of methoxy groups -OCH3 is 1. The van der Waals surface area contributed by atoms with Gasteiger partial charge in [0.1, 0.15) is 18.2 Å². The molecule has 0 radical (unpaired) electrons. The van der Waals surface area contributed by atoms with E-state index in [2.05, 4.69) is 31.0 Å². The highest BCUT2D eigenvalue weighted by Gasteiger charge is 2.22. The predicted octanol–water partition coefficient (Wildman–Crippen LogP) is 0.432. The zero-order valence-electron chi connectivity index (χ0n) is 16.0. The minimum absolute atomic E-state index is 0. The fourth-order valence-corrected chi connectivity index (χ4v) is 2.88. The molecule has 1 unspecified atom stereocenters. The van der Waals surface area contributed by atoms with Crippen molar-refractivity contribution in [3.8, 4) is 0 Å². The van der Waals surface area contributed by atoms with E-state index in [9.17, 15) is 4.79 Å². The molecule has 1 aliphatic heterocycles. The average Bonchev–Trinajstić information content (AvgIpc) is 3.32. The third-order valence-corrected chi connectivity index (χ3v) is 4.20. The molecule has 3 heterocycles. The van der Waals surface area contributed by atoms with Crippen LogP contribution in [0.3, 0.4) is 0 Å². The second kappa shape index (κ2) is 11.0. The number of carbonyl (C=O) groups is 1. The molecule has 28 heavy (non-hydrogen) atoms. The Morgan fingerprint density at radius 2 is 2.32 bits per heavy atom. The van der Waals surface area contributed by atoms with Crippen molar-refractivity contribution in [1.29, 1.82) is 0 Å².